The van der Waals surface area contributed by atoms with Gasteiger partial charge in [0, 0.05) is 0 Å². The predicted octanol–water partition coefficient (Wildman–Crippen LogP) is -0.815. The number of nitrogens with two attached hydrogens (primary N) is 1. The van der Waals surface area contributed by atoms with Crippen LogP contribution in [0, 0.1) is 0 Å². The van der Waals surface area contributed by atoms with Crippen molar-refractivity contribution in [3.8, 4) is 0 Å². The SMILES string of the molecule is CC(N)c1nncc(=O)[nH]1. The van der Waals surface area contributed by atoms with Crippen LogP contribution in [0.5, 0.6) is 0 Å². The van der Waals surface area contributed by atoms with E-state index in [2.05, 4.69) is 15.2 Å². The molecule has 1 aromatic heterocycles. The molecule has 0 saturated heterocycles. The average Bonchev–Trinajstić information content (AvgIpc) is 1.88. The Kier molecular flexibility index (Phi) is 1.77. The lowest BCUT2D eigenvalue weighted by Gasteiger charge is -1.99. The van der Waals surface area contributed by atoms with Crippen molar-refractivity contribution in [3.05, 3.63) is 22.4 Å². The molecular weight excluding hydrogens is 132 g/mol. The van der Waals surface area contributed by atoms with Crippen LogP contribution in [0.2, 0.25) is 0 Å². The van der Waals surface area contributed by atoms with E-state index < -0.39 is 0 Å². The highest BCUT2D eigenvalue weighted by Gasteiger charge is 1.99. The highest BCUT2D eigenvalue weighted by atomic mass is 16.1. The number of aromatic nitrogens is 3. The molecule has 0 radical (unpaired) electrons. The molecule has 0 aliphatic carbocycles. The summed E-state index contributed by atoms with van der Waals surface area (Å²) in [6.45, 7) is 1.72. The first-order chi connectivity index (χ1) is 4.70. The Morgan fingerprint density at radius 3 is 2.90 bits per heavy atom. The number of H-pyrrole nitrogens is 1. The van der Waals surface area contributed by atoms with E-state index in [1.165, 1.54) is 0 Å². The highest BCUT2D eigenvalue weighted by Crippen LogP contribution is 1.94. The van der Waals surface area contributed by atoms with E-state index in [9.17, 15) is 4.79 Å². The predicted molar refractivity (Wildman–Crippen MR) is 35.3 cm³/mol. The number of rotatable bonds is 1. The third-order valence-electron chi connectivity index (χ3n) is 1.02. The highest BCUT2D eigenvalue weighted by molar-refractivity contribution is 4.87. The van der Waals surface area contributed by atoms with Crippen LogP contribution < -0.4 is 11.3 Å². The maximum absolute atomic E-state index is 10.6. The van der Waals surface area contributed by atoms with E-state index in [-0.39, 0.29) is 11.6 Å². The molecule has 1 unspecified atom stereocenters. The summed E-state index contributed by atoms with van der Waals surface area (Å²) in [5.41, 5.74) is 5.13. The second kappa shape index (κ2) is 2.57. The lowest BCUT2D eigenvalue weighted by atomic mass is 10.3. The summed E-state index contributed by atoms with van der Waals surface area (Å²) in [7, 11) is 0. The Morgan fingerprint density at radius 1 is 1.80 bits per heavy atom. The summed E-state index contributed by atoms with van der Waals surface area (Å²) >= 11 is 0. The number of hydrogen-bond donors (Lipinski definition) is 2. The average molecular weight is 140 g/mol. The van der Waals surface area contributed by atoms with Crippen molar-refractivity contribution in [1.29, 1.82) is 0 Å². The largest absolute Gasteiger partial charge is 0.322 e. The number of hydrogen-bond acceptors (Lipinski definition) is 4. The molecule has 1 atom stereocenters. The minimum atomic E-state index is -0.276. The molecule has 0 spiro atoms. The van der Waals surface area contributed by atoms with Crippen LogP contribution in [0.4, 0.5) is 0 Å². The Balaban J connectivity index is 3.07. The maximum atomic E-state index is 10.6. The summed E-state index contributed by atoms with van der Waals surface area (Å²) in [5.74, 6) is 0.410. The van der Waals surface area contributed by atoms with Gasteiger partial charge in [-0.15, -0.1) is 5.10 Å². The van der Waals surface area contributed by atoms with Gasteiger partial charge in [-0.3, -0.25) is 4.79 Å². The van der Waals surface area contributed by atoms with Crippen molar-refractivity contribution in [2.45, 2.75) is 13.0 Å². The molecule has 10 heavy (non-hydrogen) atoms. The fourth-order valence-electron chi connectivity index (χ4n) is 0.532. The quantitative estimate of drug-likeness (QED) is 0.534. The van der Waals surface area contributed by atoms with Crippen molar-refractivity contribution in [3.63, 3.8) is 0 Å². The summed E-state index contributed by atoms with van der Waals surface area (Å²) in [4.78, 5) is 13.0. The van der Waals surface area contributed by atoms with E-state index in [1.54, 1.807) is 6.92 Å². The van der Waals surface area contributed by atoms with Crippen LogP contribution in [0.3, 0.4) is 0 Å². The monoisotopic (exact) mass is 140 g/mol. The van der Waals surface area contributed by atoms with Gasteiger partial charge >= 0.3 is 0 Å². The number of nitrogens with zero attached hydrogens (tertiary/aromatic N) is 2. The van der Waals surface area contributed by atoms with Crippen molar-refractivity contribution < 1.29 is 0 Å². The molecule has 3 N–H and O–H groups in total. The van der Waals surface area contributed by atoms with Gasteiger partial charge in [0.05, 0.1) is 6.04 Å². The Hall–Kier alpha value is -1.23. The van der Waals surface area contributed by atoms with Crippen LogP contribution >= 0.6 is 0 Å². The zero-order chi connectivity index (χ0) is 7.56. The minimum absolute atomic E-state index is 0.276. The van der Waals surface area contributed by atoms with Crippen molar-refractivity contribution in [2.75, 3.05) is 0 Å². The lowest BCUT2D eigenvalue weighted by molar-refractivity contribution is 0.699. The van der Waals surface area contributed by atoms with E-state index >= 15 is 0 Å². The molecule has 0 aliphatic heterocycles. The molecule has 0 aromatic carbocycles. The molecule has 0 bridgehead atoms. The van der Waals surface area contributed by atoms with Crippen LogP contribution in [0.1, 0.15) is 18.8 Å². The fourth-order valence-corrected chi connectivity index (χ4v) is 0.532. The Bertz CT molecular complexity index is 266. The van der Waals surface area contributed by atoms with Gasteiger partial charge in [-0.05, 0) is 6.92 Å². The van der Waals surface area contributed by atoms with E-state index in [4.69, 9.17) is 5.73 Å². The first-order valence-electron chi connectivity index (χ1n) is 2.87. The van der Waals surface area contributed by atoms with E-state index in [0.29, 0.717) is 5.82 Å². The molecule has 1 heterocycles. The molecule has 0 amide bonds. The van der Waals surface area contributed by atoms with Crippen LogP contribution in [-0.2, 0) is 0 Å². The van der Waals surface area contributed by atoms with Crippen molar-refractivity contribution >= 4 is 0 Å². The molecule has 5 heteroatoms. The molecule has 54 valence electrons. The third-order valence-corrected chi connectivity index (χ3v) is 1.02. The van der Waals surface area contributed by atoms with Crippen LogP contribution in [0.25, 0.3) is 0 Å². The van der Waals surface area contributed by atoms with Crippen molar-refractivity contribution in [2.24, 2.45) is 5.73 Å². The van der Waals surface area contributed by atoms with E-state index in [1.807, 2.05) is 0 Å². The van der Waals surface area contributed by atoms with Gasteiger partial charge in [0.15, 0.2) is 0 Å². The van der Waals surface area contributed by atoms with Gasteiger partial charge in [-0.25, -0.2) is 0 Å². The van der Waals surface area contributed by atoms with Gasteiger partial charge in [0.1, 0.15) is 12.0 Å². The second-order valence-electron chi connectivity index (χ2n) is 2.01. The van der Waals surface area contributed by atoms with Crippen LogP contribution in [0.15, 0.2) is 11.0 Å². The lowest BCUT2D eigenvalue weighted by Crippen LogP contribution is -2.17. The molecular formula is C5H8N4O. The molecule has 1 rings (SSSR count). The maximum Gasteiger partial charge on any atom is 0.269 e. The standard InChI is InChI=1S/C5H8N4O/c1-3(6)5-8-4(10)2-7-9-5/h2-3H,6H2,1H3,(H,8,9,10). The summed E-state index contributed by atoms with van der Waals surface area (Å²) in [6.07, 6.45) is 1.10. The van der Waals surface area contributed by atoms with Gasteiger partial charge in [-0.2, -0.15) is 5.10 Å². The molecule has 1 aromatic rings. The number of aromatic amines is 1. The first kappa shape index (κ1) is 6.88. The van der Waals surface area contributed by atoms with Crippen LogP contribution in [-0.4, -0.2) is 15.2 Å². The van der Waals surface area contributed by atoms with Gasteiger partial charge in [0.2, 0.25) is 0 Å². The Labute approximate surface area is 57.3 Å². The molecule has 5 nitrogen and oxygen atoms in total. The molecule has 0 aliphatic rings. The summed E-state index contributed by atoms with van der Waals surface area (Å²) in [6, 6.07) is -0.276. The van der Waals surface area contributed by atoms with E-state index in [0.717, 1.165) is 6.20 Å². The third kappa shape index (κ3) is 1.38. The van der Waals surface area contributed by atoms with Crippen molar-refractivity contribution in [1.82, 2.24) is 15.2 Å². The molecule has 0 fully saturated rings. The van der Waals surface area contributed by atoms with Gasteiger partial charge < -0.3 is 10.7 Å². The minimum Gasteiger partial charge on any atom is -0.322 e. The normalized spacial score (nSPS) is 13.0. The zero-order valence-electron chi connectivity index (χ0n) is 5.53. The topological polar surface area (TPSA) is 84.7 Å². The molecule has 0 saturated carbocycles. The van der Waals surface area contributed by atoms with Gasteiger partial charge in [-0.1, -0.05) is 0 Å². The summed E-state index contributed by atoms with van der Waals surface area (Å²) < 4.78 is 0. The second-order valence-corrected chi connectivity index (χ2v) is 2.01. The fraction of sp³-hybridized carbons (Fsp3) is 0.400. The first-order valence-corrected chi connectivity index (χ1v) is 2.87. The van der Waals surface area contributed by atoms with Gasteiger partial charge in [0.25, 0.3) is 5.56 Å². The smallest absolute Gasteiger partial charge is 0.269 e. The number of nitrogens with one attached hydrogen (secondary N) is 1. The summed E-state index contributed by atoms with van der Waals surface area (Å²) in [5, 5.41) is 7.04. The zero-order valence-corrected chi connectivity index (χ0v) is 5.53. The Morgan fingerprint density at radius 2 is 2.50 bits per heavy atom.